The van der Waals surface area contributed by atoms with Crippen molar-refractivity contribution in [2.45, 2.75) is 6.54 Å². The fraction of sp³-hybridized carbons (Fsp3) is 0.333. The summed E-state index contributed by atoms with van der Waals surface area (Å²) in [5.41, 5.74) is 0.769. The molecule has 0 radical (unpaired) electrons. The van der Waals surface area contributed by atoms with E-state index in [9.17, 15) is 4.79 Å². The maximum Gasteiger partial charge on any atom is 0.265 e. The van der Waals surface area contributed by atoms with E-state index in [4.69, 9.17) is 5.26 Å². The first-order chi connectivity index (χ1) is 6.13. The molecule has 0 amide bonds. The van der Waals surface area contributed by atoms with E-state index < -0.39 is 0 Å². The molecule has 0 unspecified atom stereocenters. The Labute approximate surface area is 76.4 Å². The molecule has 0 fully saturated rings. The summed E-state index contributed by atoms with van der Waals surface area (Å²) in [6.45, 7) is 0.714. The molecule has 0 saturated heterocycles. The molecule has 4 heteroatoms. The molecule has 0 aliphatic rings. The smallest absolute Gasteiger partial charge is 0.265 e. The molecule has 0 aliphatic carbocycles. The summed E-state index contributed by atoms with van der Waals surface area (Å²) < 4.78 is 0. The number of nitriles is 1. The highest BCUT2D eigenvalue weighted by atomic mass is 16.1. The Morgan fingerprint density at radius 1 is 1.62 bits per heavy atom. The monoisotopic (exact) mass is 177 g/mol. The van der Waals surface area contributed by atoms with Crippen LogP contribution in [0.2, 0.25) is 0 Å². The lowest BCUT2D eigenvalue weighted by Gasteiger charge is -2.08. The van der Waals surface area contributed by atoms with Crippen molar-refractivity contribution in [1.82, 2.24) is 9.88 Å². The summed E-state index contributed by atoms with van der Waals surface area (Å²) in [6.07, 6.45) is 1.63. The fourth-order valence-corrected chi connectivity index (χ4v) is 1.07. The number of hydrogen-bond acceptors (Lipinski definition) is 3. The Hall–Kier alpha value is -1.60. The summed E-state index contributed by atoms with van der Waals surface area (Å²) in [5.74, 6) is 0. The SMILES string of the molecule is CN(C)Cc1c[nH]c(=O)c(C#N)c1. The van der Waals surface area contributed by atoms with Crippen molar-refractivity contribution in [3.05, 3.63) is 33.7 Å². The Kier molecular flexibility index (Phi) is 2.83. The quantitative estimate of drug-likeness (QED) is 0.707. The van der Waals surface area contributed by atoms with Crippen LogP contribution in [0.3, 0.4) is 0 Å². The normalized spacial score (nSPS) is 10.0. The molecule has 13 heavy (non-hydrogen) atoms. The average molecular weight is 177 g/mol. The Morgan fingerprint density at radius 3 is 2.85 bits per heavy atom. The molecule has 0 aromatic carbocycles. The van der Waals surface area contributed by atoms with Crippen molar-refractivity contribution >= 4 is 0 Å². The number of nitrogens with one attached hydrogen (secondary N) is 1. The van der Waals surface area contributed by atoms with E-state index in [1.807, 2.05) is 25.1 Å². The van der Waals surface area contributed by atoms with Gasteiger partial charge in [-0.3, -0.25) is 4.79 Å². The summed E-state index contributed by atoms with van der Waals surface area (Å²) >= 11 is 0. The Bertz CT molecular complexity index is 387. The standard InChI is InChI=1S/C9H11N3O/c1-12(2)6-7-3-8(4-10)9(13)11-5-7/h3,5H,6H2,1-2H3,(H,11,13). The number of aromatic amines is 1. The van der Waals surface area contributed by atoms with Crippen LogP contribution in [0, 0.1) is 11.3 Å². The van der Waals surface area contributed by atoms with Gasteiger partial charge < -0.3 is 9.88 Å². The van der Waals surface area contributed by atoms with Crippen LogP contribution >= 0.6 is 0 Å². The second kappa shape index (κ2) is 3.87. The van der Waals surface area contributed by atoms with Crippen LogP contribution in [-0.4, -0.2) is 24.0 Å². The van der Waals surface area contributed by atoms with Gasteiger partial charge in [-0.15, -0.1) is 0 Å². The van der Waals surface area contributed by atoms with Crippen LogP contribution in [0.1, 0.15) is 11.1 Å². The molecule has 1 N–H and O–H groups in total. The van der Waals surface area contributed by atoms with Crippen molar-refractivity contribution in [3.8, 4) is 6.07 Å². The molecule has 68 valence electrons. The zero-order valence-corrected chi connectivity index (χ0v) is 7.66. The second-order valence-corrected chi connectivity index (χ2v) is 3.10. The molecule has 0 atom stereocenters. The van der Waals surface area contributed by atoms with Crippen LogP contribution in [-0.2, 0) is 6.54 Å². The highest BCUT2D eigenvalue weighted by Crippen LogP contribution is 1.99. The summed E-state index contributed by atoms with van der Waals surface area (Å²) in [4.78, 5) is 15.5. The second-order valence-electron chi connectivity index (χ2n) is 3.10. The molecule has 0 saturated carbocycles. The summed E-state index contributed by atoms with van der Waals surface area (Å²) in [6, 6.07) is 3.46. The number of hydrogen-bond donors (Lipinski definition) is 1. The van der Waals surface area contributed by atoms with Gasteiger partial charge in [0.05, 0.1) is 0 Å². The zero-order chi connectivity index (χ0) is 9.84. The van der Waals surface area contributed by atoms with Crippen molar-refractivity contribution in [2.75, 3.05) is 14.1 Å². The van der Waals surface area contributed by atoms with Gasteiger partial charge in [-0.1, -0.05) is 0 Å². The van der Waals surface area contributed by atoms with Gasteiger partial charge in [0.25, 0.3) is 5.56 Å². The van der Waals surface area contributed by atoms with Gasteiger partial charge in [0.2, 0.25) is 0 Å². The minimum atomic E-state index is -0.329. The topological polar surface area (TPSA) is 59.9 Å². The van der Waals surface area contributed by atoms with E-state index in [2.05, 4.69) is 4.98 Å². The predicted octanol–water partition coefficient (Wildman–Crippen LogP) is 0.308. The van der Waals surface area contributed by atoms with Crippen molar-refractivity contribution < 1.29 is 0 Å². The maximum absolute atomic E-state index is 11.0. The number of aromatic nitrogens is 1. The van der Waals surface area contributed by atoms with E-state index in [1.165, 1.54) is 0 Å². The summed E-state index contributed by atoms with van der Waals surface area (Å²) in [5, 5.41) is 8.59. The maximum atomic E-state index is 11.0. The molecule has 1 aromatic heterocycles. The molecule has 1 rings (SSSR count). The average Bonchev–Trinajstić information content (AvgIpc) is 2.07. The van der Waals surface area contributed by atoms with Crippen molar-refractivity contribution in [2.24, 2.45) is 0 Å². The highest BCUT2D eigenvalue weighted by Gasteiger charge is 2.00. The van der Waals surface area contributed by atoms with Gasteiger partial charge in [0.15, 0.2) is 0 Å². The van der Waals surface area contributed by atoms with Gasteiger partial charge in [-0.2, -0.15) is 5.26 Å². The molecular formula is C9H11N3O. The van der Waals surface area contributed by atoms with Gasteiger partial charge in [0, 0.05) is 12.7 Å². The van der Waals surface area contributed by atoms with E-state index in [0.29, 0.717) is 6.54 Å². The molecule has 4 nitrogen and oxygen atoms in total. The van der Waals surface area contributed by atoms with Crippen LogP contribution in [0.25, 0.3) is 0 Å². The predicted molar refractivity (Wildman–Crippen MR) is 49.2 cm³/mol. The number of pyridine rings is 1. The Balaban J connectivity index is 3.02. The number of H-pyrrole nitrogens is 1. The lowest BCUT2D eigenvalue weighted by molar-refractivity contribution is 0.402. The third-order valence-electron chi connectivity index (χ3n) is 1.58. The lowest BCUT2D eigenvalue weighted by atomic mass is 10.2. The number of nitrogens with zero attached hydrogens (tertiary/aromatic N) is 2. The van der Waals surface area contributed by atoms with Crippen molar-refractivity contribution in [1.29, 1.82) is 5.26 Å². The summed E-state index contributed by atoms with van der Waals surface area (Å²) in [7, 11) is 3.86. The lowest BCUT2D eigenvalue weighted by Crippen LogP contribution is -2.15. The third-order valence-corrected chi connectivity index (χ3v) is 1.58. The van der Waals surface area contributed by atoms with Gasteiger partial charge in [-0.25, -0.2) is 0 Å². The van der Waals surface area contributed by atoms with Crippen LogP contribution in [0.5, 0.6) is 0 Å². The van der Waals surface area contributed by atoms with E-state index >= 15 is 0 Å². The minimum absolute atomic E-state index is 0.166. The minimum Gasteiger partial charge on any atom is -0.328 e. The molecule has 0 aliphatic heterocycles. The van der Waals surface area contributed by atoms with E-state index in [1.54, 1.807) is 12.3 Å². The highest BCUT2D eigenvalue weighted by molar-refractivity contribution is 5.28. The van der Waals surface area contributed by atoms with Crippen LogP contribution in [0.4, 0.5) is 0 Å². The zero-order valence-electron chi connectivity index (χ0n) is 7.66. The van der Waals surface area contributed by atoms with Crippen LogP contribution in [0.15, 0.2) is 17.1 Å². The van der Waals surface area contributed by atoms with Gasteiger partial charge in [0.1, 0.15) is 11.6 Å². The van der Waals surface area contributed by atoms with Gasteiger partial charge >= 0.3 is 0 Å². The first-order valence-corrected chi connectivity index (χ1v) is 3.90. The van der Waals surface area contributed by atoms with Crippen LogP contribution < -0.4 is 5.56 Å². The largest absolute Gasteiger partial charge is 0.328 e. The first-order valence-electron chi connectivity index (χ1n) is 3.90. The first kappa shape index (κ1) is 9.49. The molecule has 1 heterocycles. The Morgan fingerprint density at radius 2 is 2.31 bits per heavy atom. The molecular weight excluding hydrogens is 166 g/mol. The van der Waals surface area contributed by atoms with Gasteiger partial charge in [-0.05, 0) is 25.7 Å². The third kappa shape index (κ3) is 2.42. The van der Waals surface area contributed by atoms with E-state index in [-0.39, 0.29) is 11.1 Å². The molecule has 0 bridgehead atoms. The molecule has 1 aromatic rings. The molecule has 0 spiro atoms. The van der Waals surface area contributed by atoms with E-state index in [0.717, 1.165) is 5.56 Å². The van der Waals surface area contributed by atoms with Crippen molar-refractivity contribution in [3.63, 3.8) is 0 Å². The fourth-order valence-electron chi connectivity index (χ4n) is 1.07. The number of rotatable bonds is 2.